The fourth-order valence-corrected chi connectivity index (χ4v) is 1.99. The number of halogens is 1. The summed E-state index contributed by atoms with van der Waals surface area (Å²) in [6.07, 6.45) is 2.91. The van der Waals surface area contributed by atoms with Crippen LogP contribution < -0.4 is 10.6 Å². The molecule has 0 atom stereocenters. The average Bonchev–Trinajstić information content (AvgIpc) is 2.53. The summed E-state index contributed by atoms with van der Waals surface area (Å²) in [5, 5.41) is 5.71. The molecule has 0 saturated carbocycles. The zero-order chi connectivity index (χ0) is 15.1. The Morgan fingerprint density at radius 2 is 1.90 bits per heavy atom. The van der Waals surface area contributed by atoms with E-state index in [-0.39, 0.29) is 24.2 Å². The number of carbonyl (C=O) groups excluding carboxylic acids is 2. The van der Waals surface area contributed by atoms with Crippen molar-refractivity contribution in [3.05, 3.63) is 41.7 Å². The minimum atomic E-state index is -0.345. The third-order valence-electron chi connectivity index (χ3n) is 3.18. The Bertz CT molecular complexity index is 522. The monoisotopic (exact) mass is 291 g/mol. The molecule has 1 aliphatic rings. The van der Waals surface area contributed by atoms with E-state index >= 15 is 0 Å². The summed E-state index contributed by atoms with van der Waals surface area (Å²) in [6.45, 7) is 2.89. The lowest BCUT2D eigenvalue weighted by molar-refractivity contribution is -0.132. The van der Waals surface area contributed by atoms with Crippen LogP contribution in [0.5, 0.6) is 0 Å². The molecular weight excluding hydrogens is 273 g/mol. The molecule has 1 aromatic rings. The number of nitrogens with zero attached hydrogens (tertiary/aromatic N) is 1. The Kier molecular flexibility index (Phi) is 5.45. The number of piperazine rings is 1. The van der Waals surface area contributed by atoms with Gasteiger partial charge in [-0.3, -0.25) is 9.59 Å². The highest BCUT2D eigenvalue weighted by Crippen LogP contribution is 2.04. The molecule has 0 aromatic heterocycles. The van der Waals surface area contributed by atoms with Gasteiger partial charge in [0.2, 0.25) is 11.8 Å². The Morgan fingerprint density at radius 3 is 2.57 bits per heavy atom. The predicted octanol–water partition coefficient (Wildman–Crippen LogP) is 0.387. The molecule has 1 saturated heterocycles. The smallest absolute Gasteiger partial charge is 0.244 e. The number of hydrogen-bond acceptors (Lipinski definition) is 3. The summed E-state index contributed by atoms with van der Waals surface area (Å²) in [5.41, 5.74) is 0.722. The molecule has 21 heavy (non-hydrogen) atoms. The van der Waals surface area contributed by atoms with Gasteiger partial charge in [-0.1, -0.05) is 12.1 Å². The SMILES string of the molecule is O=C(C=Cc1ccc(F)cc1)NCC(=O)N1CCNCC1. The van der Waals surface area contributed by atoms with E-state index in [0.717, 1.165) is 18.7 Å². The second kappa shape index (κ2) is 7.54. The molecule has 0 spiro atoms. The van der Waals surface area contributed by atoms with Gasteiger partial charge in [-0.25, -0.2) is 4.39 Å². The van der Waals surface area contributed by atoms with Crippen molar-refractivity contribution in [3.63, 3.8) is 0 Å². The maximum atomic E-state index is 12.7. The number of hydrogen-bond donors (Lipinski definition) is 2. The van der Waals surface area contributed by atoms with Crippen molar-refractivity contribution in [2.45, 2.75) is 0 Å². The van der Waals surface area contributed by atoms with Crippen LogP contribution in [0.3, 0.4) is 0 Å². The quantitative estimate of drug-likeness (QED) is 0.789. The Morgan fingerprint density at radius 1 is 1.24 bits per heavy atom. The zero-order valence-corrected chi connectivity index (χ0v) is 11.6. The van der Waals surface area contributed by atoms with Gasteiger partial charge in [-0.15, -0.1) is 0 Å². The summed E-state index contributed by atoms with van der Waals surface area (Å²) in [7, 11) is 0. The van der Waals surface area contributed by atoms with E-state index in [2.05, 4.69) is 10.6 Å². The first-order valence-corrected chi connectivity index (χ1v) is 6.85. The van der Waals surface area contributed by atoms with Crippen LogP contribution in [-0.2, 0) is 9.59 Å². The second-order valence-electron chi connectivity index (χ2n) is 4.73. The average molecular weight is 291 g/mol. The molecular formula is C15H18FN3O2. The van der Waals surface area contributed by atoms with Crippen LogP contribution in [0.1, 0.15) is 5.56 Å². The highest BCUT2D eigenvalue weighted by atomic mass is 19.1. The van der Waals surface area contributed by atoms with Crippen molar-refractivity contribution in [2.24, 2.45) is 0 Å². The Balaban J connectivity index is 1.76. The molecule has 6 heteroatoms. The van der Waals surface area contributed by atoms with E-state index in [4.69, 9.17) is 0 Å². The predicted molar refractivity (Wildman–Crippen MR) is 77.9 cm³/mol. The first-order valence-electron chi connectivity index (χ1n) is 6.85. The Labute approximate surface area is 122 Å². The van der Waals surface area contributed by atoms with E-state index in [9.17, 15) is 14.0 Å². The van der Waals surface area contributed by atoms with Gasteiger partial charge in [0, 0.05) is 32.3 Å². The molecule has 112 valence electrons. The van der Waals surface area contributed by atoms with Crippen molar-refractivity contribution < 1.29 is 14.0 Å². The van der Waals surface area contributed by atoms with Gasteiger partial charge in [-0.2, -0.15) is 0 Å². The molecule has 0 aliphatic carbocycles. The molecule has 2 N–H and O–H groups in total. The van der Waals surface area contributed by atoms with Gasteiger partial charge in [0.05, 0.1) is 6.54 Å². The van der Waals surface area contributed by atoms with Gasteiger partial charge in [0.1, 0.15) is 5.82 Å². The molecule has 0 radical (unpaired) electrons. The fraction of sp³-hybridized carbons (Fsp3) is 0.333. The van der Waals surface area contributed by atoms with Crippen molar-refractivity contribution in [1.29, 1.82) is 0 Å². The molecule has 5 nitrogen and oxygen atoms in total. The fourth-order valence-electron chi connectivity index (χ4n) is 1.99. The summed E-state index contributed by atoms with van der Waals surface area (Å²) in [5.74, 6) is -0.749. The third kappa shape index (κ3) is 5.00. The van der Waals surface area contributed by atoms with Crippen LogP contribution in [0.2, 0.25) is 0 Å². The van der Waals surface area contributed by atoms with Crippen molar-refractivity contribution in [1.82, 2.24) is 15.5 Å². The third-order valence-corrected chi connectivity index (χ3v) is 3.18. The summed E-state index contributed by atoms with van der Waals surface area (Å²) >= 11 is 0. The minimum absolute atomic E-state index is 0.00735. The van der Waals surface area contributed by atoms with E-state index in [0.29, 0.717) is 13.1 Å². The van der Waals surface area contributed by atoms with Crippen LogP contribution in [0, 0.1) is 5.82 Å². The molecule has 2 rings (SSSR count). The van der Waals surface area contributed by atoms with Gasteiger partial charge < -0.3 is 15.5 Å². The number of benzene rings is 1. The zero-order valence-electron chi connectivity index (χ0n) is 11.6. The number of nitrogens with one attached hydrogen (secondary N) is 2. The summed E-state index contributed by atoms with van der Waals surface area (Å²) < 4.78 is 12.7. The standard InChI is InChI=1S/C15H18FN3O2/c16-13-4-1-12(2-5-13)3-6-14(20)18-11-15(21)19-9-7-17-8-10-19/h1-6,17H,7-11H2,(H,18,20). The lowest BCUT2D eigenvalue weighted by Crippen LogP contribution is -2.49. The van der Waals surface area contributed by atoms with Crippen molar-refractivity contribution >= 4 is 17.9 Å². The minimum Gasteiger partial charge on any atom is -0.343 e. The maximum absolute atomic E-state index is 12.7. The molecule has 0 unspecified atom stereocenters. The molecule has 1 fully saturated rings. The second-order valence-corrected chi connectivity index (χ2v) is 4.73. The highest BCUT2D eigenvalue weighted by molar-refractivity contribution is 5.94. The molecule has 2 amide bonds. The lowest BCUT2D eigenvalue weighted by atomic mass is 10.2. The summed E-state index contributed by atoms with van der Waals surface area (Å²) in [6, 6.07) is 5.80. The van der Waals surface area contributed by atoms with Crippen LogP contribution in [0.4, 0.5) is 4.39 Å². The molecule has 1 aromatic carbocycles. The lowest BCUT2D eigenvalue weighted by Gasteiger charge is -2.27. The van der Waals surface area contributed by atoms with Crippen LogP contribution >= 0.6 is 0 Å². The van der Waals surface area contributed by atoms with Crippen LogP contribution in [-0.4, -0.2) is 49.4 Å². The van der Waals surface area contributed by atoms with E-state index < -0.39 is 0 Å². The summed E-state index contributed by atoms with van der Waals surface area (Å²) in [4.78, 5) is 25.2. The van der Waals surface area contributed by atoms with E-state index in [1.54, 1.807) is 23.1 Å². The van der Waals surface area contributed by atoms with Gasteiger partial charge in [-0.05, 0) is 23.8 Å². The van der Waals surface area contributed by atoms with Gasteiger partial charge in [0.15, 0.2) is 0 Å². The van der Waals surface area contributed by atoms with Crippen molar-refractivity contribution in [3.8, 4) is 0 Å². The number of amides is 2. The van der Waals surface area contributed by atoms with Crippen molar-refractivity contribution in [2.75, 3.05) is 32.7 Å². The van der Waals surface area contributed by atoms with Gasteiger partial charge >= 0.3 is 0 Å². The molecule has 1 heterocycles. The topological polar surface area (TPSA) is 61.4 Å². The normalized spacial score (nSPS) is 15.2. The van der Waals surface area contributed by atoms with Gasteiger partial charge in [0.25, 0.3) is 0 Å². The molecule has 1 aliphatic heterocycles. The van der Waals surface area contributed by atoms with Crippen LogP contribution in [0.15, 0.2) is 30.3 Å². The number of carbonyl (C=O) groups is 2. The largest absolute Gasteiger partial charge is 0.343 e. The first-order chi connectivity index (χ1) is 10.1. The van der Waals surface area contributed by atoms with E-state index in [1.165, 1.54) is 18.2 Å². The number of rotatable bonds is 4. The van der Waals surface area contributed by atoms with E-state index in [1.807, 2.05) is 0 Å². The Hall–Kier alpha value is -2.21. The highest BCUT2D eigenvalue weighted by Gasteiger charge is 2.15. The van der Waals surface area contributed by atoms with Crippen LogP contribution in [0.25, 0.3) is 6.08 Å². The molecule has 0 bridgehead atoms. The maximum Gasteiger partial charge on any atom is 0.244 e. The first kappa shape index (κ1) is 15.2.